The second-order valence-electron chi connectivity index (χ2n) is 4.40. The lowest BCUT2D eigenvalue weighted by Crippen LogP contribution is -2.37. The van der Waals surface area contributed by atoms with E-state index in [1.165, 1.54) is 24.3 Å². The second-order valence-corrected chi connectivity index (χ2v) is 4.40. The molecule has 0 saturated heterocycles. The Hall–Kier alpha value is -1.46. The molecule has 0 saturated carbocycles. The van der Waals surface area contributed by atoms with Crippen LogP contribution >= 0.6 is 0 Å². The molecule has 1 rings (SSSR count). The fourth-order valence-corrected chi connectivity index (χ4v) is 1.58. The van der Waals surface area contributed by atoms with Gasteiger partial charge in [0.25, 0.3) is 0 Å². The average molecular weight is 253 g/mol. The molecule has 100 valence electrons. The smallest absolute Gasteiger partial charge is 0.238 e. The quantitative estimate of drug-likeness (QED) is 0.806. The van der Waals surface area contributed by atoms with Crippen LogP contribution in [-0.2, 0) is 4.79 Å². The topological polar surface area (TPSA) is 58.4 Å². The van der Waals surface area contributed by atoms with Crippen molar-refractivity contribution in [3.05, 3.63) is 30.1 Å². The first-order valence-corrected chi connectivity index (χ1v) is 5.98. The van der Waals surface area contributed by atoms with Gasteiger partial charge in [-0.15, -0.1) is 0 Å². The largest absolute Gasteiger partial charge is 0.330 e. The molecule has 0 aliphatic heterocycles. The lowest BCUT2D eigenvalue weighted by Gasteiger charge is -2.23. The third kappa shape index (κ3) is 4.81. The van der Waals surface area contributed by atoms with Crippen molar-refractivity contribution in [1.82, 2.24) is 4.90 Å². The Bertz CT molecular complexity index is 380. The molecule has 0 aliphatic rings. The van der Waals surface area contributed by atoms with E-state index >= 15 is 0 Å². The van der Waals surface area contributed by atoms with Gasteiger partial charge in [-0.25, -0.2) is 4.39 Å². The normalized spacial score (nSPS) is 12.5. The van der Waals surface area contributed by atoms with E-state index in [9.17, 15) is 9.18 Å². The van der Waals surface area contributed by atoms with E-state index in [4.69, 9.17) is 5.73 Å². The molecule has 4 nitrogen and oxygen atoms in total. The van der Waals surface area contributed by atoms with Gasteiger partial charge in [0.05, 0.1) is 6.54 Å². The first kappa shape index (κ1) is 14.6. The lowest BCUT2D eigenvalue weighted by atomic mass is 10.2. The summed E-state index contributed by atoms with van der Waals surface area (Å²) in [6, 6.07) is 5.97. The Morgan fingerprint density at radius 3 is 2.61 bits per heavy atom. The lowest BCUT2D eigenvalue weighted by molar-refractivity contribution is -0.117. The van der Waals surface area contributed by atoms with Gasteiger partial charge in [-0.2, -0.15) is 0 Å². The molecule has 0 fully saturated rings. The summed E-state index contributed by atoms with van der Waals surface area (Å²) in [7, 11) is 1.88. The molecule has 1 aromatic rings. The Kier molecular flexibility index (Phi) is 5.74. The number of amides is 1. The van der Waals surface area contributed by atoms with Gasteiger partial charge in [0.1, 0.15) is 5.82 Å². The van der Waals surface area contributed by atoms with Crippen molar-refractivity contribution < 1.29 is 9.18 Å². The highest BCUT2D eigenvalue weighted by Gasteiger charge is 2.12. The monoisotopic (exact) mass is 253 g/mol. The summed E-state index contributed by atoms with van der Waals surface area (Å²) < 4.78 is 12.7. The highest BCUT2D eigenvalue weighted by atomic mass is 19.1. The zero-order valence-electron chi connectivity index (χ0n) is 10.8. The van der Waals surface area contributed by atoms with E-state index in [1.54, 1.807) is 0 Å². The van der Waals surface area contributed by atoms with Crippen LogP contribution in [0.1, 0.15) is 13.3 Å². The number of likely N-dealkylation sites (N-methyl/N-ethyl adjacent to an activating group) is 1. The second kappa shape index (κ2) is 7.08. The van der Waals surface area contributed by atoms with E-state index in [1.807, 2.05) is 18.9 Å². The molecule has 0 radical (unpaired) electrons. The van der Waals surface area contributed by atoms with Gasteiger partial charge < -0.3 is 11.1 Å². The van der Waals surface area contributed by atoms with Crippen LogP contribution < -0.4 is 11.1 Å². The van der Waals surface area contributed by atoms with Crippen LogP contribution in [0.25, 0.3) is 0 Å². The molecule has 5 heteroatoms. The number of halogens is 1. The maximum absolute atomic E-state index is 12.7. The fourth-order valence-electron chi connectivity index (χ4n) is 1.58. The van der Waals surface area contributed by atoms with Crippen LogP contribution in [0.2, 0.25) is 0 Å². The van der Waals surface area contributed by atoms with Gasteiger partial charge >= 0.3 is 0 Å². The molecule has 0 bridgehead atoms. The summed E-state index contributed by atoms with van der Waals surface area (Å²) >= 11 is 0. The van der Waals surface area contributed by atoms with E-state index in [0.29, 0.717) is 18.8 Å². The minimum Gasteiger partial charge on any atom is -0.330 e. The van der Waals surface area contributed by atoms with Crippen LogP contribution in [0.5, 0.6) is 0 Å². The fraction of sp³-hybridized carbons (Fsp3) is 0.462. The van der Waals surface area contributed by atoms with Gasteiger partial charge in [0, 0.05) is 11.7 Å². The van der Waals surface area contributed by atoms with Crippen molar-refractivity contribution in [3.8, 4) is 0 Å². The molecular weight excluding hydrogens is 233 g/mol. The van der Waals surface area contributed by atoms with E-state index in [-0.39, 0.29) is 17.8 Å². The van der Waals surface area contributed by atoms with Crippen molar-refractivity contribution in [2.45, 2.75) is 19.4 Å². The van der Waals surface area contributed by atoms with Crippen LogP contribution in [-0.4, -0.2) is 37.0 Å². The molecule has 0 heterocycles. The van der Waals surface area contributed by atoms with Gasteiger partial charge in [0.15, 0.2) is 0 Å². The number of hydrogen-bond donors (Lipinski definition) is 2. The molecule has 1 atom stereocenters. The van der Waals surface area contributed by atoms with Gasteiger partial charge in [-0.05, 0) is 51.2 Å². The Labute approximate surface area is 107 Å². The maximum atomic E-state index is 12.7. The minimum atomic E-state index is -0.318. The molecule has 0 aliphatic carbocycles. The van der Waals surface area contributed by atoms with Crippen LogP contribution in [0.4, 0.5) is 10.1 Å². The molecule has 1 amide bonds. The molecule has 0 aromatic heterocycles. The number of rotatable bonds is 6. The van der Waals surface area contributed by atoms with Gasteiger partial charge in [-0.1, -0.05) is 0 Å². The number of nitrogens with zero attached hydrogens (tertiary/aromatic N) is 1. The first-order valence-electron chi connectivity index (χ1n) is 5.98. The summed E-state index contributed by atoms with van der Waals surface area (Å²) in [5.74, 6) is -0.435. The molecular formula is C13H20FN3O. The number of hydrogen-bond acceptors (Lipinski definition) is 3. The van der Waals surface area contributed by atoms with Crippen molar-refractivity contribution in [2.75, 3.05) is 25.5 Å². The van der Waals surface area contributed by atoms with Gasteiger partial charge in [0.2, 0.25) is 5.91 Å². The van der Waals surface area contributed by atoms with Crippen molar-refractivity contribution in [1.29, 1.82) is 0 Å². The molecule has 1 aromatic carbocycles. The van der Waals surface area contributed by atoms with E-state index < -0.39 is 0 Å². The number of benzene rings is 1. The minimum absolute atomic E-state index is 0.118. The SMILES string of the molecule is CC(CCN)N(C)CC(=O)Nc1ccc(F)cc1. The number of carbonyl (C=O) groups is 1. The standard InChI is InChI=1S/C13H20FN3O/c1-10(7-8-15)17(2)9-13(18)16-12-5-3-11(14)4-6-12/h3-6,10H,7-9,15H2,1-2H3,(H,16,18). The third-order valence-corrected chi connectivity index (χ3v) is 2.86. The number of nitrogens with one attached hydrogen (secondary N) is 1. The first-order chi connectivity index (χ1) is 8.52. The zero-order valence-corrected chi connectivity index (χ0v) is 10.8. The predicted octanol–water partition coefficient (Wildman–Crippen LogP) is 1.43. The molecule has 0 spiro atoms. The molecule has 3 N–H and O–H groups in total. The van der Waals surface area contributed by atoms with Crippen LogP contribution in [0, 0.1) is 5.82 Å². The van der Waals surface area contributed by atoms with Gasteiger partial charge in [-0.3, -0.25) is 9.69 Å². The highest BCUT2D eigenvalue weighted by Crippen LogP contribution is 2.08. The molecule has 18 heavy (non-hydrogen) atoms. The predicted molar refractivity (Wildman–Crippen MR) is 70.8 cm³/mol. The number of nitrogens with two attached hydrogens (primary N) is 1. The average Bonchev–Trinajstić information content (AvgIpc) is 2.32. The molecule has 1 unspecified atom stereocenters. The van der Waals surface area contributed by atoms with Crippen molar-refractivity contribution in [2.24, 2.45) is 5.73 Å². The van der Waals surface area contributed by atoms with E-state index in [0.717, 1.165) is 6.42 Å². The summed E-state index contributed by atoms with van der Waals surface area (Å²) in [4.78, 5) is 13.7. The number of carbonyl (C=O) groups excluding carboxylic acids is 1. The summed E-state index contributed by atoms with van der Waals surface area (Å²) in [6.45, 7) is 2.92. The van der Waals surface area contributed by atoms with Crippen LogP contribution in [0.3, 0.4) is 0 Å². The van der Waals surface area contributed by atoms with E-state index in [2.05, 4.69) is 5.32 Å². The number of anilines is 1. The van der Waals surface area contributed by atoms with Crippen molar-refractivity contribution >= 4 is 11.6 Å². The van der Waals surface area contributed by atoms with Crippen molar-refractivity contribution in [3.63, 3.8) is 0 Å². The Balaban J connectivity index is 2.44. The highest BCUT2D eigenvalue weighted by molar-refractivity contribution is 5.92. The zero-order chi connectivity index (χ0) is 13.5. The summed E-state index contributed by atoms with van der Waals surface area (Å²) in [6.07, 6.45) is 0.848. The summed E-state index contributed by atoms with van der Waals surface area (Å²) in [5.41, 5.74) is 6.07. The maximum Gasteiger partial charge on any atom is 0.238 e. The third-order valence-electron chi connectivity index (χ3n) is 2.86. The summed E-state index contributed by atoms with van der Waals surface area (Å²) in [5, 5.41) is 2.72. The Morgan fingerprint density at radius 2 is 2.06 bits per heavy atom. The Morgan fingerprint density at radius 1 is 1.44 bits per heavy atom. The van der Waals surface area contributed by atoms with Crippen LogP contribution in [0.15, 0.2) is 24.3 Å².